The minimum atomic E-state index is -0.797. The first-order valence-electron chi connectivity index (χ1n) is 28.1. The number of carbonyl (C=O) groups excluding carboxylic acids is 3. The van der Waals surface area contributed by atoms with Crippen LogP contribution in [-0.4, -0.2) is 37.2 Å². The summed E-state index contributed by atoms with van der Waals surface area (Å²) in [6, 6.07) is 0. The highest BCUT2D eigenvalue weighted by atomic mass is 16.6. The van der Waals surface area contributed by atoms with Gasteiger partial charge >= 0.3 is 17.9 Å². The Labute approximate surface area is 403 Å². The van der Waals surface area contributed by atoms with Gasteiger partial charge in [0.05, 0.1) is 0 Å². The molecule has 0 aliphatic heterocycles. The van der Waals surface area contributed by atoms with E-state index in [-0.39, 0.29) is 37.5 Å². The number of unbranched alkanes of at least 4 members (excludes halogenated alkanes) is 32. The van der Waals surface area contributed by atoms with Gasteiger partial charge in [-0.25, -0.2) is 0 Å². The van der Waals surface area contributed by atoms with Crippen LogP contribution in [-0.2, 0) is 28.6 Å². The number of carbonyl (C=O) groups is 3. The van der Waals surface area contributed by atoms with Crippen molar-refractivity contribution in [2.24, 2.45) is 0 Å². The molecule has 0 saturated heterocycles. The Hall–Kier alpha value is -2.63. The quantitative estimate of drug-likeness (QED) is 0.0262. The van der Waals surface area contributed by atoms with Crippen LogP contribution >= 0.6 is 0 Å². The predicted molar refractivity (Wildman–Crippen MR) is 279 cm³/mol. The number of allylic oxidation sites excluding steroid dienone is 8. The number of rotatable bonds is 51. The predicted octanol–water partition coefficient (Wildman–Crippen LogP) is 18.7. The molecular weight excluding hydrogens is 805 g/mol. The molecule has 0 rings (SSSR count). The van der Waals surface area contributed by atoms with Gasteiger partial charge in [-0.3, -0.25) is 14.4 Å². The number of ether oxygens (including phenoxy) is 3. The van der Waals surface area contributed by atoms with Gasteiger partial charge < -0.3 is 14.2 Å². The van der Waals surface area contributed by atoms with E-state index in [2.05, 4.69) is 63.3 Å². The van der Waals surface area contributed by atoms with E-state index in [4.69, 9.17) is 14.2 Å². The van der Waals surface area contributed by atoms with Crippen molar-refractivity contribution < 1.29 is 28.6 Å². The third kappa shape index (κ3) is 52.2. The SMILES string of the molecule is CC/C=C\C/C=C\C/C=C\C/C=C\CCC(=O)OCC(COC(=O)CCCCCCCCCCCCCCCCCCCCC)OC(=O)CCCCCCCCCCCCCCCCC. The van der Waals surface area contributed by atoms with Crippen LogP contribution in [0, 0.1) is 0 Å². The van der Waals surface area contributed by atoms with Crippen molar-refractivity contribution in [3.8, 4) is 0 Å². The zero-order chi connectivity index (χ0) is 47.2. The summed E-state index contributed by atoms with van der Waals surface area (Å²) in [5, 5.41) is 0. The van der Waals surface area contributed by atoms with E-state index in [1.165, 1.54) is 180 Å². The van der Waals surface area contributed by atoms with Gasteiger partial charge in [-0.2, -0.15) is 0 Å². The molecule has 0 heterocycles. The minimum absolute atomic E-state index is 0.0906. The third-order valence-electron chi connectivity index (χ3n) is 12.4. The first kappa shape index (κ1) is 62.4. The molecule has 0 spiro atoms. The lowest BCUT2D eigenvalue weighted by Gasteiger charge is -2.18. The van der Waals surface area contributed by atoms with Gasteiger partial charge in [0.1, 0.15) is 13.2 Å². The summed E-state index contributed by atoms with van der Waals surface area (Å²) in [6.07, 6.45) is 65.5. The normalized spacial score (nSPS) is 12.4. The van der Waals surface area contributed by atoms with Gasteiger partial charge in [-0.1, -0.05) is 275 Å². The Morgan fingerprint density at radius 2 is 0.600 bits per heavy atom. The molecule has 378 valence electrons. The summed E-state index contributed by atoms with van der Waals surface area (Å²) in [5.41, 5.74) is 0. The standard InChI is InChI=1S/C59H106O6/c1-4-7-10-13-16-19-22-25-27-28-29-30-32-34-37-40-43-46-49-52-58(61)64-55-56(54-63-57(60)51-48-45-42-39-36-33-24-21-18-15-12-9-6-3)65-59(62)53-50-47-44-41-38-35-31-26-23-20-17-14-11-8-5-2/h9,12,18,21,33,36,42,45,56H,4-8,10-11,13-17,19-20,22-32,34-35,37-41,43-44,46-55H2,1-3H3/b12-9-,21-18-,36-33-,45-42-. The Morgan fingerprint density at radius 1 is 0.323 bits per heavy atom. The summed E-state index contributed by atoms with van der Waals surface area (Å²) >= 11 is 0. The van der Waals surface area contributed by atoms with Crippen LogP contribution in [0.25, 0.3) is 0 Å². The number of hydrogen-bond acceptors (Lipinski definition) is 6. The average molecular weight is 911 g/mol. The van der Waals surface area contributed by atoms with E-state index >= 15 is 0 Å². The first-order chi connectivity index (χ1) is 32.0. The maximum atomic E-state index is 12.8. The smallest absolute Gasteiger partial charge is 0.306 e. The van der Waals surface area contributed by atoms with Gasteiger partial charge in [0.15, 0.2) is 6.10 Å². The van der Waals surface area contributed by atoms with Crippen LogP contribution in [0.4, 0.5) is 0 Å². The summed E-state index contributed by atoms with van der Waals surface area (Å²) in [6.45, 7) is 6.50. The molecule has 1 atom stereocenters. The third-order valence-corrected chi connectivity index (χ3v) is 12.4. The molecule has 0 bridgehead atoms. The molecule has 0 aromatic heterocycles. The molecule has 0 N–H and O–H groups in total. The second kappa shape index (κ2) is 54.0. The summed E-state index contributed by atoms with van der Waals surface area (Å²) in [5.74, 6) is -0.960. The Morgan fingerprint density at radius 3 is 0.938 bits per heavy atom. The fourth-order valence-electron chi connectivity index (χ4n) is 8.16. The molecule has 0 aliphatic rings. The summed E-state index contributed by atoms with van der Waals surface area (Å²) < 4.78 is 16.8. The van der Waals surface area contributed by atoms with E-state index < -0.39 is 6.10 Å². The second-order valence-electron chi connectivity index (χ2n) is 18.8. The van der Waals surface area contributed by atoms with Crippen molar-refractivity contribution in [3.05, 3.63) is 48.6 Å². The Balaban J connectivity index is 4.36. The van der Waals surface area contributed by atoms with Crippen LogP contribution in [0.1, 0.15) is 290 Å². The van der Waals surface area contributed by atoms with Gasteiger partial charge in [0, 0.05) is 19.3 Å². The van der Waals surface area contributed by atoms with Crippen molar-refractivity contribution in [1.82, 2.24) is 0 Å². The van der Waals surface area contributed by atoms with Crippen LogP contribution in [0.3, 0.4) is 0 Å². The first-order valence-corrected chi connectivity index (χ1v) is 28.1. The van der Waals surface area contributed by atoms with E-state index in [0.717, 1.165) is 64.2 Å². The Bertz CT molecular complexity index is 1140. The average Bonchev–Trinajstić information content (AvgIpc) is 3.30. The molecule has 0 amide bonds. The number of hydrogen-bond donors (Lipinski definition) is 0. The van der Waals surface area contributed by atoms with E-state index in [1.54, 1.807) is 0 Å². The molecule has 65 heavy (non-hydrogen) atoms. The lowest BCUT2D eigenvalue weighted by atomic mass is 10.0. The second-order valence-corrected chi connectivity index (χ2v) is 18.8. The van der Waals surface area contributed by atoms with Crippen LogP contribution in [0.2, 0.25) is 0 Å². The van der Waals surface area contributed by atoms with E-state index in [0.29, 0.717) is 19.3 Å². The van der Waals surface area contributed by atoms with Crippen molar-refractivity contribution in [3.63, 3.8) is 0 Å². The largest absolute Gasteiger partial charge is 0.462 e. The zero-order valence-corrected chi connectivity index (χ0v) is 43.3. The molecule has 0 aliphatic carbocycles. The molecule has 0 aromatic rings. The highest BCUT2D eigenvalue weighted by molar-refractivity contribution is 5.71. The molecule has 6 heteroatoms. The van der Waals surface area contributed by atoms with Crippen LogP contribution in [0.15, 0.2) is 48.6 Å². The highest BCUT2D eigenvalue weighted by Gasteiger charge is 2.19. The van der Waals surface area contributed by atoms with Gasteiger partial charge in [0.25, 0.3) is 0 Å². The lowest BCUT2D eigenvalue weighted by molar-refractivity contribution is -0.166. The summed E-state index contributed by atoms with van der Waals surface area (Å²) in [7, 11) is 0. The summed E-state index contributed by atoms with van der Waals surface area (Å²) in [4.78, 5) is 38.0. The fraction of sp³-hybridized carbons (Fsp3) is 0.814. The van der Waals surface area contributed by atoms with Crippen molar-refractivity contribution in [2.75, 3.05) is 13.2 Å². The molecule has 0 saturated carbocycles. The van der Waals surface area contributed by atoms with Crippen LogP contribution in [0.5, 0.6) is 0 Å². The maximum Gasteiger partial charge on any atom is 0.306 e. The molecular formula is C59H106O6. The maximum absolute atomic E-state index is 12.8. The Kier molecular flexibility index (Phi) is 51.8. The van der Waals surface area contributed by atoms with Crippen LogP contribution < -0.4 is 0 Å². The molecule has 0 aromatic carbocycles. The van der Waals surface area contributed by atoms with Gasteiger partial charge in [0.2, 0.25) is 0 Å². The van der Waals surface area contributed by atoms with E-state index in [1.807, 2.05) is 6.08 Å². The topological polar surface area (TPSA) is 78.9 Å². The molecule has 1 unspecified atom stereocenters. The van der Waals surface area contributed by atoms with Crippen molar-refractivity contribution in [2.45, 2.75) is 297 Å². The number of esters is 3. The molecule has 0 radical (unpaired) electrons. The van der Waals surface area contributed by atoms with Crippen molar-refractivity contribution >= 4 is 17.9 Å². The molecule has 6 nitrogen and oxygen atoms in total. The van der Waals surface area contributed by atoms with Crippen molar-refractivity contribution in [1.29, 1.82) is 0 Å². The molecule has 0 fully saturated rings. The van der Waals surface area contributed by atoms with Gasteiger partial charge in [-0.15, -0.1) is 0 Å². The monoisotopic (exact) mass is 911 g/mol. The fourth-order valence-corrected chi connectivity index (χ4v) is 8.16. The lowest BCUT2D eigenvalue weighted by Crippen LogP contribution is -2.30. The highest BCUT2D eigenvalue weighted by Crippen LogP contribution is 2.17. The van der Waals surface area contributed by atoms with Gasteiger partial charge in [-0.05, 0) is 44.9 Å². The minimum Gasteiger partial charge on any atom is -0.462 e. The van der Waals surface area contributed by atoms with E-state index in [9.17, 15) is 14.4 Å². The zero-order valence-electron chi connectivity index (χ0n) is 43.3.